The molecule has 0 spiro atoms. The fourth-order valence-corrected chi connectivity index (χ4v) is 6.28. The standard InChI is InChI=1S/C47H83NO7/c1-6-8-10-12-14-16-18-20-21-22-23-24-25-26-28-29-31-33-35-37-45(49)54-42-43(41-53-40-39-44(47(51)52)48(3,4)5)55-46(50)38-36-34-32-30-27-19-17-15-13-11-9-7-2/h9,11,15,17,22-23,27,30,43-44H,6-8,10,12-14,16,18-21,24-26,28-29,31-42H2,1-5H3/p+1/b11-9+,17-15+,23-22+,30-27+. The Labute approximate surface area is 337 Å². The summed E-state index contributed by atoms with van der Waals surface area (Å²) in [5.74, 6) is -1.53. The van der Waals surface area contributed by atoms with Gasteiger partial charge in [0.1, 0.15) is 6.61 Å². The summed E-state index contributed by atoms with van der Waals surface area (Å²) in [4.78, 5) is 36.9. The molecule has 0 aliphatic heterocycles. The minimum Gasteiger partial charge on any atom is -0.477 e. The van der Waals surface area contributed by atoms with Gasteiger partial charge in [0.25, 0.3) is 0 Å². The van der Waals surface area contributed by atoms with Crippen molar-refractivity contribution in [2.45, 2.75) is 193 Å². The van der Waals surface area contributed by atoms with Crippen LogP contribution in [0.15, 0.2) is 48.6 Å². The molecule has 0 fully saturated rings. The first kappa shape index (κ1) is 52.3. The Morgan fingerprint density at radius 2 is 1.02 bits per heavy atom. The number of likely N-dealkylation sites (N-methyl/N-ethyl adjacent to an activating group) is 1. The lowest BCUT2D eigenvalue weighted by atomic mass is 10.1. The van der Waals surface area contributed by atoms with E-state index in [-0.39, 0.29) is 42.7 Å². The molecule has 0 saturated carbocycles. The van der Waals surface area contributed by atoms with Crippen LogP contribution in [-0.2, 0) is 28.6 Å². The number of unbranched alkanes of at least 4 members (excludes halogenated alkanes) is 17. The van der Waals surface area contributed by atoms with Gasteiger partial charge in [-0.25, -0.2) is 4.79 Å². The van der Waals surface area contributed by atoms with Crippen molar-refractivity contribution >= 4 is 17.9 Å². The molecule has 2 atom stereocenters. The van der Waals surface area contributed by atoms with Crippen molar-refractivity contribution in [2.24, 2.45) is 0 Å². The lowest BCUT2D eigenvalue weighted by Gasteiger charge is -2.31. The van der Waals surface area contributed by atoms with Gasteiger partial charge in [-0.1, -0.05) is 140 Å². The van der Waals surface area contributed by atoms with E-state index in [1.54, 1.807) is 0 Å². The molecule has 2 unspecified atom stereocenters. The Hall–Kier alpha value is -2.71. The molecule has 8 nitrogen and oxygen atoms in total. The zero-order valence-electron chi connectivity index (χ0n) is 36.1. The van der Waals surface area contributed by atoms with Crippen LogP contribution >= 0.6 is 0 Å². The summed E-state index contributed by atoms with van der Waals surface area (Å²) in [6.45, 7) is 4.57. The third-order valence-corrected chi connectivity index (χ3v) is 9.71. The third kappa shape index (κ3) is 36.7. The first-order chi connectivity index (χ1) is 26.6. The molecule has 55 heavy (non-hydrogen) atoms. The molecule has 0 aromatic heterocycles. The molecular formula is C47H84NO7+. The maximum absolute atomic E-state index is 12.7. The van der Waals surface area contributed by atoms with Crippen molar-refractivity contribution in [1.29, 1.82) is 0 Å². The molecule has 8 heteroatoms. The first-order valence-corrected chi connectivity index (χ1v) is 22.2. The number of ether oxygens (including phenoxy) is 3. The minimum absolute atomic E-state index is 0.0437. The number of hydrogen-bond acceptors (Lipinski definition) is 6. The number of quaternary nitrogens is 1. The van der Waals surface area contributed by atoms with Crippen LogP contribution in [0.2, 0.25) is 0 Å². The molecule has 0 heterocycles. The molecule has 0 aliphatic rings. The van der Waals surface area contributed by atoms with Gasteiger partial charge < -0.3 is 23.8 Å². The van der Waals surface area contributed by atoms with Gasteiger partial charge in [0.15, 0.2) is 12.1 Å². The van der Waals surface area contributed by atoms with E-state index in [0.717, 1.165) is 51.4 Å². The maximum atomic E-state index is 12.7. The quantitative estimate of drug-likeness (QED) is 0.0287. The number of aliphatic carboxylic acids is 1. The van der Waals surface area contributed by atoms with Gasteiger partial charge in [0.05, 0.1) is 34.4 Å². The molecule has 0 aromatic carbocycles. The van der Waals surface area contributed by atoms with Crippen molar-refractivity contribution in [1.82, 2.24) is 0 Å². The smallest absolute Gasteiger partial charge is 0.362 e. The van der Waals surface area contributed by atoms with Crippen molar-refractivity contribution in [2.75, 3.05) is 41.0 Å². The van der Waals surface area contributed by atoms with Crippen LogP contribution in [0.25, 0.3) is 0 Å². The van der Waals surface area contributed by atoms with Crippen LogP contribution in [-0.4, -0.2) is 80.6 Å². The largest absolute Gasteiger partial charge is 0.477 e. The molecule has 318 valence electrons. The molecule has 0 aliphatic carbocycles. The molecule has 0 saturated heterocycles. The highest BCUT2D eigenvalue weighted by Gasteiger charge is 2.31. The Balaban J connectivity index is 4.33. The van der Waals surface area contributed by atoms with Crippen LogP contribution < -0.4 is 0 Å². The number of carboxylic acids is 1. The second-order valence-corrected chi connectivity index (χ2v) is 15.9. The van der Waals surface area contributed by atoms with E-state index in [0.29, 0.717) is 19.3 Å². The van der Waals surface area contributed by atoms with Gasteiger partial charge in [0.2, 0.25) is 0 Å². The van der Waals surface area contributed by atoms with E-state index >= 15 is 0 Å². The Morgan fingerprint density at radius 1 is 0.564 bits per heavy atom. The van der Waals surface area contributed by atoms with Crippen LogP contribution in [0.5, 0.6) is 0 Å². The summed E-state index contributed by atoms with van der Waals surface area (Å²) in [5, 5.41) is 9.61. The van der Waals surface area contributed by atoms with Gasteiger partial charge in [0, 0.05) is 19.3 Å². The second-order valence-electron chi connectivity index (χ2n) is 15.9. The number of esters is 2. The van der Waals surface area contributed by atoms with E-state index < -0.39 is 18.1 Å². The third-order valence-electron chi connectivity index (χ3n) is 9.71. The Bertz CT molecular complexity index is 1040. The summed E-state index contributed by atoms with van der Waals surface area (Å²) >= 11 is 0. The van der Waals surface area contributed by atoms with Gasteiger partial charge in [-0.2, -0.15) is 0 Å². The lowest BCUT2D eigenvalue weighted by Crippen LogP contribution is -2.50. The molecule has 0 aromatic rings. The van der Waals surface area contributed by atoms with Crippen LogP contribution in [0.1, 0.15) is 181 Å². The minimum atomic E-state index is -0.883. The van der Waals surface area contributed by atoms with Gasteiger partial charge in [-0.3, -0.25) is 9.59 Å². The van der Waals surface area contributed by atoms with E-state index in [1.807, 2.05) is 21.1 Å². The van der Waals surface area contributed by atoms with E-state index in [1.165, 1.54) is 89.9 Å². The highest BCUT2D eigenvalue weighted by atomic mass is 16.6. The average Bonchev–Trinajstić information content (AvgIpc) is 3.14. The highest BCUT2D eigenvalue weighted by Crippen LogP contribution is 2.14. The summed E-state index contributed by atoms with van der Waals surface area (Å²) in [5.41, 5.74) is 0. The Morgan fingerprint density at radius 3 is 1.56 bits per heavy atom. The van der Waals surface area contributed by atoms with E-state index in [4.69, 9.17) is 14.2 Å². The lowest BCUT2D eigenvalue weighted by molar-refractivity contribution is -0.887. The Kier molecular flexibility index (Phi) is 36.3. The predicted molar refractivity (Wildman–Crippen MR) is 229 cm³/mol. The average molecular weight is 775 g/mol. The number of nitrogens with zero attached hydrogens (tertiary/aromatic N) is 1. The number of carboxylic acid groups (broad SMARTS) is 1. The normalized spacial score (nSPS) is 13.4. The monoisotopic (exact) mass is 775 g/mol. The zero-order valence-corrected chi connectivity index (χ0v) is 36.1. The predicted octanol–water partition coefficient (Wildman–Crippen LogP) is 12.0. The molecule has 0 bridgehead atoms. The summed E-state index contributed by atoms with van der Waals surface area (Å²) in [6.07, 6.45) is 44.5. The van der Waals surface area contributed by atoms with Crippen molar-refractivity contribution in [3.05, 3.63) is 48.6 Å². The van der Waals surface area contributed by atoms with E-state index in [2.05, 4.69) is 62.5 Å². The van der Waals surface area contributed by atoms with E-state index in [9.17, 15) is 19.5 Å². The number of carbonyl (C=O) groups is 3. The SMILES string of the molecule is CC/C=C/C/C=C/C/C=C/CCCCC(=O)OC(COCCC(C(=O)O)[N+](C)(C)C)COC(=O)CCCCCCCCC/C=C/CCCCCCCCCC. The van der Waals surface area contributed by atoms with Gasteiger partial charge in [-0.15, -0.1) is 0 Å². The van der Waals surface area contributed by atoms with Crippen molar-refractivity contribution in [3.8, 4) is 0 Å². The fourth-order valence-electron chi connectivity index (χ4n) is 6.28. The molecule has 1 N–H and O–H groups in total. The number of rotatable bonds is 39. The fraction of sp³-hybridized carbons (Fsp3) is 0.766. The highest BCUT2D eigenvalue weighted by molar-refractivity contribution is 5.72. The van der Waals surface area contributed by atoms with Crippen LogP contribution in [0, 0.1) is 0 Å². The first-order valence-electron chi connectivity index (χ1n) is 22.2. The van der Waals surface area contributed by atoms with Crippen molar-refractivity contribution < 1.29 is 38.2 Å². The molecule has 0 rings (SSSR count). The van der Waals surface area contributed by atoms with Crippen molar-refractivity contribution in [3.63, 3.8) is 0 Å². The summed E-state index contributed by atoms with van der Waals surface area (Å²) < 4.78 is 17.2. The zero-order chi connectivity index (χ0) is 40.7. The molecule has 0 radical (unpaired) electrons. The maximum Gasteiger partial charge on any atom is 0.362 e. The number of carbonyl (C=O) groups excluding carboxylic acids is 2. The number of hydrogen-bond donors (Lipinski definition) is 1. The van der Waals surface area contributed by atoms with Gasteiger partial charge >= 0.3 is 17.9 Å². The molecular weight excluding hydrogens is 691 g/mol. The van der Waals surface area contributed by atoms with Crippen LogP contribution in [0.3, 0.4) is 0 Å². The summed E-state index contributed by atoms with van der Waals surface area (Å²) in [7, 11) is 5.51. The summed E-state index contributed by atoms with van der Waals surface area (Å²) in [6, 6.07) is -0.622. The second kappa shape index (κ2) is 38.2. The topological polar surface area (TPSA) is 99.1 Å². The van der Waals surface area contributed by atoms with Gasteiger partial charge in [-0.05, 0) is 70.6 Å². The van der Waals surface area contributed by atoms with Crippen LogP contribution in [0.4, 0.5) is 0 Å². The number of allylic oxidation sites excluding steroid dienone is 8. The molecule has 0 amide bonds.